The largest absolute Gasteiger partial charge is 0.307 e. The van der Waals surface area contributed by atoms with Crippen LogP contribution >= 0.6 is 0 Å². The van der Waals surface area contributed by atoms with Crippen LogP contribution in [0.15, 0.2) is 30.3 Å². The van der Waals surface area contributed by atoms with Gasteiger partial charge in [0.1, 0.15) is 0 Å². The van der Waals surface area contributed by atoms with Crippen LogP contribution in [0, 0.1) is 0 Å². The van der Waals surface area contributed by atoms with E-state index in [1.165, 1.54) is 37.7 Å². The Kier molecular flexibility index (Phi) is 3.79. The van der Waals surface area contributed by atoms with Crippen molar-refractivity contribution in [3.8, 4) is 0 Å². The second-order valence-corrected chi connectivity index (χ2v) is 4.52. The minimum Gasteiger partial charge on any atom is -0.307 e. The molecule has 0 aromatic heterocycles. The van der Waals surface area contributed by atoms with Crippen molar-refractivity contribution >= 4 is 0 Å². The fourth-order valence-corrected chi connectivity index (χ4v) is 2.51. The topological polar surface area (TPSA) is 12.0 Å². The van der Waals surface area contributed by atoms with E-state index in [-0.39, 0.29) is 0 Å². The molecule has 1 aliphatic rings. The molecule has 1 unspecified atom stereocenters. The van der Waals surface area contributed by atoms with Crippen LogP contribution in [-0.4, -0.2) is 6.04 Å². The van der Waals surface area contributed by atoms with Crippen molar-refractivity contribution in [1.29, 1.82) is 0 Å². The lowest BCUT2D eigenvalue weighted by Crippen LogP contribution is -2.30. The van der Waals surface area contributed by atoms with E-state index in [1.807, 2.05) is 0 Å². The maximum absolute atomic E-state index is 3.78. The van der Waals surface area contributed by atoms with Gasteiger partial charge in [-0.25, -0.2) is 0 Å². The first-order valence-electron chi connectivity index (χ1n) is 6.21. The lowest BCUT2D eigenvalue weighted by Gasteiger charge is -2.22. The van der Waals surface area contributed by atoms with Crippen molar-refractivity contribution in [2.45, 2.75) is 51.1 Å². The highest BCUT2D eigenvalue weighted by Crippen LogP contribution is 2.23. The van der Waals surface area contributed by atoms with Crippen LogP contribution in [0.2, 0.25) is 0 Å². The molecule has 82 valence electrons. The molecule has 0 bridgehead atoms. The predicted octanol–water partition coefficient (Wildman–Crippen LogP) is 3.67. The maximum Gasteiger partial charge on any atom is 0.0320 e. The van der Waals surface area contributed by atoms with Crippen molar-refractivity contribution in [2.75, 3.05) is 0 Å². The summed E-state index contributed by atoms with van der Waals surface area (Å²) < 4.78 is 0. The van der Waals surface area contributed by atoms with E-state index < -0.39 is 0 Å². The van der Waals surface area contributed by atoms with Gasteiger partial charge < -0.3 is 5.32 Å². The van der Waals surface area contributed by atoms with Crippen molar-refractivity contribution in [3.63, 3.8) is 0 Å². The summed E-state index contributed by atoms with van der Waals surface area (Å²) in [5.41, 5.74) is 1.44. The summed E-state index contributed by atoms with van der Waals surface area (Å²) in [6.07, 6.45) is 6.72. The quantitative estimate of drug-likeness (QED) is 0.787. The minimum absolute atomic E-state index is 0.550. The average Bonchev–Trinajstić information content (AvgIpc) is 2.80. The first-order chi connectivity index (χ1) is 7.40. The van der Waals surface area contributed by atoms with Gasteiger partial charge in [0.2, 0.25) is 0 Å². The van der Waals surface area contributed by atoms with Crippen LogP contribution in [0.4, 0.5) is 0 Å². The second kappa shape index (κ2) is 5.32. The van der Waals surface area contributed by atoms with E-state index in [4.69, 9.17) is 0 Å². The Labute approximate surface area is 92.9 Å². The fraction of sp³-hybridized carbons (Fsp3) is 0.571. The van der Waals surface area contributed by atoms with E-state index in [0.717, 1.165) is 6.04 Å². The molecule has 0 saturated heterocycles. The zero-order chi connectivity index (χ0) is 10.5. The van der Waals surface area contributed by atoms with Crippen LogP contribution in [-0.2, 0) is 0 Å². The van der Waals surface area contributed by atoms with Gasteiger partial charge in [0, 0.05) is 12.1 Å². The van der Waals surface area contributed by atoms with Gasteiger partial charge in [0.05, 0.1) is 0 Å². The van der Waals surface area contributed by atoms with Gasteiger partial charge in [-0.15, -0.1) is 0 Å². The molecule has 15 heavy (non-hydrogen) atoms. The first kappa shape index (κ1) is 10.7. The molecule has 1 heteroatoms. The molecule has 0 aliphatic heterocycles. The molecule has 0 amide bonds. The molecule has 0 radical (unpaired) electrons. The molecular weight excluding hydrogens is 182 g/mol. The third-order valence-electron chi connectivity index (χ3n) is 3.40. The SMILES string of the molecule is CCC(NC1CCCC1)c1ccccc1. The summed E-state index contributed by atoms with van der Waals surface area (Å²) in [7, 11) is 0. The Morgan fingerprint density at radius 3 is 2.47 bits per heavy atom. The molecule has 1 atom stereocenters. The van der Waals surface area contributed by atoms with Crippen LogP contribution in [0.3, 0.4) is 0 Å². The molecule has 1 aromatic rings. The van der Waals surface area contributed by atoms with Crippen LogP contribution in [0.5, 0.6) is 0 Å². The van der Waals surface area contributed by atoms with Crippen molar-refractivity contribution < 1.29 is 0 Å². The second-order valence-electron chi connectivity index (χ2n) is 4.52. The van der Waals surface area contributed by atoms with E-state index in [0.29, 0.717) is 6.04 Å². The van der Waals surface area contributed by atoms with Gasteiger partial charge in [0.15, 0.2) is 0 Å². The summed E-state index contributed by atoms with van der Waals surface area (Å²) in [6.45, 7) is 2.26. The standard InChI is InChI=1S/C14H21N/c1-2-14(12-8-4-3-5-9-12)15-13-10-6-7-11-13/h3-5,8-9,13-15H,2,6-7,10-11H2,1H3. The smallest absolute Gasteiger partial charge is 0.0320 e. The average molecular weight is 203 g/mol. The lowest BCUT2D eigenvalue weighted by molar-refractivity contribution is 0.430. The molecule has 1 aromatic carbocycles. The third kappa shape index (κ3) is 2.82. The third-order valence-corrected chi connectivity index (χ3v) is 3.40. The zero-order valence-corrected chi connectivity index (χ0v) is 9.58. The Balaban J connectivity index is 1.97. The first-order valence-corrected chi connectivity index (χ1v) is 6.21. The highest BCUT2D eigenvalue weighted by atomic mass is 15.0. The van der Waals surface area contributed by atoms with Crippen LogP contribution in [0.1, 0.15) is 50.6 Å². The van der Waals surface area contributed by atoms with E-state index >= 15 is 0 Å². The molecule has 1 aliphatic carbocycles. The van der Waals surface area contributed by atoms with Gasteiger partial charge in [-0.3, -0.25) is 0 Å². The summed E-state index contributed by atoms with van der Waals surface area (Å²) in [6, 6.07) is 12.1. The molecule has 1 N–H and O–H groups in total. The highest BCUT2D eigenvalue weighted by Gasteiger charge is 2.18. The Bertz CT molecular complexity index is 275. The van der Waals surface area contributed by atoms with E-state index in [2.05, 4.69) is 42.6 Å². The molecule has 2 rings (SSSR count). The Hall–Kier alpha value is -0.820. The number of hydrogen-bond acceptors (Lipinski definition) is 1. The number of hydrogen-bond donors (Lipinski definition) is 1. The summed E-state index contributed by atoms with van der Waals surface area (Å²) in [4.78, 5) is 0. The molecule has 1 nitrogen and oxygen atoms in total. The van der Waals surface area contributed by atoms with Crippen molar-refractivity contribution in [3.05, 3.63) is 35.9 Å². The number of benzene rings is 1. The van der Waals surface area contributed by atoms with Crippen LogP contribution < -0.4 is 5.32 Å². The summed E-state index contributed by atoms with van der Waals surface area (Å²) in [5, 5.41) is 3.78. The van der Waals surface area contributed by atoms with Gasteiger partial charge in [-0.1, -0.05) is 50.1 Å². The highest BCUT2D eigenvalue weighted by molar-refractivity contribution is 5.18. The fourth-order valence-electron chi connectivity index (χ4n) is 2.51. The number of nitrogens with one attached hydrogen (secondary N) is 1. The van der Waals surface area contributed by atoms with E-state index in [1.54, 1.807) is 0 Å². The molecule has 1 saturated carbocycles. The molecular formula is C14H21N. The molecule has 1 fully saturated rings. The monoisotopic (exact) mass is 203 g/mol. The Morgan fingerprint density at radius 1 is 1.20 bits per heavy atom. The zero-order valence-electron chi connectivity index (χ0n) is 9.58. The van der Waals surface area contributed by atoms with Crippen molar-refractivity contribution in [1.82, 2.24) is 5.32 Å². The van der Waals surface area contributed by atoms with Gasteiger partial charge >= 0.3 is 0 Å². The predicted molar refractivity (Wildman–Crippen MR) is 64.9 cm³/mol. The molecule has 0 spiro atoms. The maximum atomic E-state index is 3.78. The van der Waals surface area contributed by atoms with Gasteiger partial charge in [-0.05, 0) is 24.8 Å². The summed E-state index contributed by atoms with van der Waals surface area (Å²) >= 11 is 0. The Morgan fingerprint density at radius 2 is 1.87 bits per heavy atom. The minimum atomic E-state index is 0.550. The van der Waals surface area contributed by atoms with Crippen LogP contribution in [0.25, 0.3) is 0 Å². The van der Waals surface area contributed by atoms with E-state index in [9.17, 15) is 0 Å². The molecule has 0 heterocycles. The normalized spacial score (nSPS) is 19.3. The van der Waals surface area contributed by atoms with Gasteiger partial charge in [-0.2, -0.15) is 0 Å². The summed E-state index contributed by atoms with van der Waals surface area (Å²) in [5.74, 6) is 0. The van der Waals surface area contributed by atoms with Crippen molar-refractivity contribution in [2.24, 2.45) is 0 Å². The lowest BCUT2D eigenvalue weighted by atomic mass is 10.0. The van der Waals surface area contributed by atoms with Gasteiger partial charge in [0.25, 0.3) is 0 Å². The number of rotatable bonds is 4.